The second-order valence-corrected chi connectivity index (χ2v) is 6.83. The van der Waals surface area contributed by atoms with E-state index in [0.29, 0.717) is 11.5 Å². The normalized spacial score (nSPS) is 32.5. The summed E-state index contributed by atoms with van der Waals surface area (Å²) >= 11 is 0. The molecule has 2 rings (SSSR count). The van der Waals surface area contributed by atoms with Gasteiger partial charge in [0.1, 0.15) is 0 Å². The molecule has 3 atom stereocenters. The van der Waals surface area contributed by atoms with E-state index < -0.39 is 0 Å². The van der Waals surface area contributed by atoms with E-state index in [-0.39, 0.29) is 12.2 Å². The van der Waals surface area contributed by atoms with E-state index in [9.17, 15) is 5.11 Å². The van der Waals surface area contributed by atoms with E-state index in [2.05, 4.69) is 25.7 Å². The van der Waals surface area contributed by atoms with E-state index in [0.717, 1.165) is 26.0 Å². The van der Waals surface area contributed by atoms with Crippen LogP contribution in [0.15, 0.2) is 0 Å². The van der Waals surface area contributed by atoms with Crippen LogP contribution in [0.1, 0.15) is 46.5 Å². The Morgan fingerprint density at radius 1 is 1.41 bits per heavy atom. The van der Waals surface area contributed by atoms with Gasteiger partial charge in [-0.3, -0.25) is 4.90 Å². The molecular weight excluding hydrogens is 214 g/mol. The average molecular weight is 241 g/mol. The molecule has 0 aromatic rings. The summed E-state index contributed by atoms with van der Waals surface area (Å²) < 4.78 is 5.83. The van der Waals surface area contributed by atoms with Crippen LogP contribution in [0.4, 0.5) is 0 Å². The molecule has 2 saturated heterocycles. The molecule has 0 radical (unpaired) electrons. The molecule has 3 heteroatoms. The minimum Gasteiger partial charge on any atom is -0.390 e. The molecular formula is C14H27NO2. The molecule has 0 aliphatic carbocycles. The zero-order chi connectivity index (χ0) is 12.5. The molecule has 0 aromatic heterocycles. The van der Waals surface area contributed by atoms with Crippen LogP contribution in [0.2, 0.25) is 0 Å². The van der Waals surface area contributed by atoms with E-state index in [4.69, 9.17) is 4.74 Å². The van der Waals surface area contributed by atoms with Gasteiger partial charge in [-0.2, -0.15) is 0 Å². The van der Waals surface area contributed by atoms with Crippen molar-refractivity contribution in [1.82, 2.24) is 4.90 Å². The smallest absolute Gasteiger partial charge is 0.0961 e. The molecule has 0 bridgehead atoms. The second kappa shape index (κ2) is 5.25. The zero-order valence-electron chi connectivity index (χ0n) is 11.5. The van der Waals surface area contributed by atoms with Crippen LogP contribution in [-0.4, -0.2) is 48.0 Å². The Morgan fingerprint density at radius 2 is 2.18 bits per heavy atom. The third kappa shape index (κ3) is 3.67. The number of fused-ring (bicyclic) bond motifs is 1. The van der Waals surface area contributed by atoms with Gasteiger partial charge in [0, 0.05) is 12.6 Å². The van der Waals surface area contributed by atoms with Gasteiger partial charge in [0.2, 0.25) is 0 Å². The number of ether oxygens (including phenoxy) is 1. The zero-order valence-corrected chi connectivity index (χ0v) is 11.5. The quantitative estimate of drug-likeness (QED) is 0.820. The van der Waals surface area contributed by atoms with Crippen LogP contribution in [0.5, 0.6) is 0 Å². The third-order valence-electron chi connectivity index (χ3n) is 4.04. The summed E-state index contributed by atoms with van der Waals surface area (Å²) in [6, 6.07) is 0.626. The maximum Gasteiger partial charge on any atom is 0.0961 e. The van der Waals surface area contributed by atoms with Gasteiger partial charge < -0.3 is 9.84 Å². The molecule has 2 aliphatic rings. The van der Waals surface area contributed by atoms with Crippen molar-refractivity contribution in [2.75, 3.05) is 19.7 Å². The fourth-order valence-corrected chi connectivity index (χ4v) is 2.84. The Labute approximate surface area is 105 Å². The lowest BCUT2D eigenvalue weighted by molar-refractivity contribution is -0.105. The Bertz CT molecular complexity index is 249. The van der Waals surface area contributed by atoms with Crippen LogP contribution in [0, 0.1) is 5.41 Å². The topological polar surface area (TPSA) is 32.7 Å². The van der Waals surface area contributed by atoms with Crippen molar-refractivity contribution < 1.29 is 9.84 Å². The molecule has 0 saturated carbocycles. The number of hydrogen-bond donors (Lipinski definition) is 1. The average Bonchev–Trinajstić information content (AvgIpc) is 2.71. The van der Waals surface area contributed by atoms with Crippen molar-refractivity contribution in [2.24, 2.45) is 5.41 Å². The minimum absolute atomic E-state index is 0.0340. The molecule has 3 unspecified atom stereocenters. The summed E-state index contributed by atoms with van der Waals surface area (Å²) in [7, 11) is 0. The second-order valence-electron chi connectivity index (χ2n) is 6.83. The lowest BCUT2D eigenvalue weighted by atomic mass is 9.88. The van der Waals surface area contributed by atoms with Gasteiger partial charge in [-0.15, -0.1) is 0 Å². The largest absolute Gasteiger partial charge is 0.390 e. The Hall–Kier alpha value is -0.120. The van der Waals surface area contributed by atoms with Crippen molar-refractivity contribution >= 4 is 0 Å². The van der Waals surface area contributed by atoms with E-state index in [1.54, 1.807) is 0 Å². The monoisotopic (exact) mass is 241 g/mol. The first-order valence-electron chi connectivity index (χ1n) is 6.99. The Kier molecular flexibility index (Phi) is 4.11. The standard InChI is InChI=1S/C14H27NO2/c1-14(2,3)7-6-12(16)13-9-15-8-4-5-11(15)10-17-13/h11-13,16H,4-10H2,1-3H3. The van der Waals surface area contributed by atoms with Crippen molar-refractivity contribution in [2.45, 2.75) is 64.7 Å². The van der Waals surface area contributed by atoms with Gasteiger partial charge in [-0.25, -0.2) is 0 Å². The van der Waals surface area contributed by atoms with Crippen molar-refractivity contribution in [1.29, 1.82) is 0 Å². The summed E-state index contributed by atoms with van der Waals surface area (Å²) in [5, 5.41) is 10.2. The molecule has 0 aromatic carbocycles. The van der Waals surface area contributed by atoms with Gasteiger partial charge in [0.15, 0.2) is 0 Å². The number of rotatable bonds is 3. The van der Waals surface area contributed by atoms with Gasteiger partial charge in [0.05, 0.1) is 18.8 Å². The highest BCUT2D eigenvalue weighted by Crippen LogP contribution is 2.27. The van der Waals surface area contributed by atoms with E-state index in [1.807, 2.05) is 0 Å². The van der Waals surface area contributed by atoms with Crippen molar-refractivity contribution in [3.05, 3.63) is 0 Å². The molecule has 2 aliphatic heterocycles. The van der Waals surface area contributed by atoms with Crippen molar-refractivity contribution in [3.63, 3.8) is 0 Å². The maximum atomic E-state index is 10.2. The number of aliphatic hydroxyl groups is 1. The summed E-state index contributed by atoms with van der Waals surface area (Å²) in [6.45, 7) is 9.59. The summed E-state index contributed by atoms with van der Waals surface area (Å²) in [5.74, 6) is 0. The predicted molar refractivity (Wildman–Crippen MR) is 69.0 cm³/mol. The predicted octanol–water partition coefficient (Wildman–Crippen LogP) is 2.04. The summed E-state index contributed by atoms with van der Waals surface area (Å²) in [5.41, 5.74) is 0.297. The maximum absolute atomic E-state index is 10.2. The number of morpholine rings is 1. The molecule has 100 valence electrons. The van der Waals surface area contributed by atoms with E-state index >= 15 is 0 Å². The molecule has 0 amide bonds. The number of aliphatic hydroxyl groups excluding tert-OH is 1. The van der Waals surface area contributed by atoms with Gasteiger partial charge >= 0.3 is 0 Å². The lowest BCUT2D eigenvalue weighted by Crippen LogP contribution is -2.50. The molecule has 0 spiro atoms. The fourth-order valence-electron chi connectivity index (χ4n) is 2.84. The highest BCUT2D eigenvalue weighted by molar-refractivity contribution is 4.88. The first-order chi connectivity index (χ1) is 7.96. The van der Waals surface area contributed by atoms with Crippen molar-refractivity contribution in [3.8, 4) is 0 Å². The third-order valence-corrected chi connectivity index (χ3v) is 4.04. The van der Waals surface area contributed by atoms with Gasteiger partial charge in [0.25, 0.3) is 0 Å². The first-order valence-corrected chi connectivity index (χ1v) is 6.99. The highest BCUT2D eigenvalue weighted by atomic mass is 16.5. The van der Waals surface area contributed by atoms with Crippen LogP contribution in [-0.2, 0) is 4.74 Å². The SMILES string of the molecule is CC(C)(C)CCC(O)C1CN2CCCC2CO1. The Balaban J connectivity index is 1.78. The van der Waals surface area contributed by atoms with Crippen LogP contribution >= 0.6 is 0 Å². The molecule has 1 N–H and O–H groups in total. The summed E-state index contributed by atoms with van der Waals surface area (Å²) in [6.07, 6.45) is 4.20. The van der Waals surface area contributed by atoms with Crippen LogP contribution < -0.4 is 0 Å². The fraction of sp³-hybridized carbons (Fsp3) is 1.00. The molecule has 3 nitrogen and oxygen atoms in total. The molecule has 2 heterocycles. The summed E-state index contributed by atoms with van der Waals surface area (Å²) in [4.78, 5) is 2.49. The minimum atomic E-state index is -0.296. The van der Waals surface area contributed by atoms with Crippen LogP contribution in [0.25, 0.3) is 0 Å². The molecule has 2 fully saturated rings. The van der Waals surface area contributed by atoms with Gasteiger partial charge in [-0.1, -0.05) is 20.8 Å². The first kappa shape index (κ1) is 13.3. The van der Waals surface area contributed by atoms with Gasteiger partial charge in [-0.05, 0) is 37.6 Å². The lowest BCUT2D eigenvalue weighted by Gasteiger charge is -2.37. The Morgan fingerprint density at radius 3 is 2.88 bits per heavy atom. The highest BCUT2D eigenvalue weighted by Gasteiger charge is 2.35. The number of hydrogen-bond acceptors (Lipinski definition) is 3. The molecule has 17 heavy (non-hydrogen) atoms. The van der Waals surface area contributed by atoms with E-state index in [1.165, 1.54) is 19.4 Å². The number of nitrogens with zero attached hydrogens (tertiary/aromatic N) is 1. The van der Waals surface area contributed by atoms with Crippen LogP contribution in [0.3, 0.4) is 0 Å².